The summed E-state index contributed by atoms with van der Waals surface area (Å²) < 4.78 is 0. The Hall–Kier alpha value is -2.83. The molecule has 1 fully saturated rings. The molecule has 0 saturated heterocycles. The van der Waals surface area contributed by atoms with E-state index in [0.717, 1.165) is 25.7 Å². The Kier molecular flexibility index (Phi) is 6.38. The predicted molar refractivity (Wildman–Crippen MR) is 103 cm³/mol. The number of aliphatic hydroxyl groups excluding tert-OH is 1. The van der Waals surface area contributed by atoms with Gasteiger partial charge in [0.05, 0.1) is 11.3 Å². The van der Waals surface area contributed by atoms with Crippen molar-refractivity contribution in [2.45, 2.75) is 45.1 Å². The zero-order valence-electron chi connectivity index (χ0n) is 15.1. The molecule has 7 nitrogen and oxygen atoms in total. The number of rotatable bonds is 7. The number of hydrogen-bond acceptors (Lipinski definition) is 6. The highest BCUT2D eigenvalue weighted by molar-refractivity contribution is 5.97. The molecule has 0 atom stereocenters. The van der Waals surface area contributed by atoms with Crippen molar-refractivity contribution in [3.63, 3.8) is 0 Å². The van der Waals surface area contributed by atoms with Gasteiger partial charge in [-0.05, 0) is 19.8 Å². The average Bonchev–Trinajstić information content (AvgIpc) is 2.68. The molecule has 0 unspecified atom stereocenters. The van der Waals surface area contributed by atoms with Crippen LogP contribution in [0.1, 0.15) is 39.0 Å². The minimum Gasteiger partial charge on any atom is -0.505 e. The molecule has 2 rings (SSSR count). The molecule has 0 radical (unpaired) electrons. The Morgan fingerprint density at radius 3 is 2.31 bits per heavy atom. The van der Waals surface area contributed by atoms with Gasteiger partial charge in [-0.3, -0.25) is 14.4 Å². The van der Waals surface area contributed by atoms with Gasteiger partial charge in [-0.2, -0.15) is 0 Å². The number of carbonyl (C=O) groups is 1. The number of carbonyl (C=O) groups excluding carboxylic acids is 1. The van der Waals surface area contributed by atoms with E-state index in [-0.39, 0.29) is 34.4 Å². The van der Waals surface area contributed by atoms with Gasteiger partial charge in [-0.25, -0.2) is 0 Å². The Morgan fingerprint density at radius 1 is 1.15 bits per heavy atom. The van der Waals surface area contributed by atoms with E-state index in [1.807, 2.05) is 0 Å². The SMILES string of the molecule is C=C/C(C(=O)NC)=C(O)\C(=C/C)Nc1c(NC2CCCCC2)c(=O)c1=O. The van der Waals surface area contributed by atoms with Gasteiger partial charge in [0.2, 0.25) is 0 Å². The van der Waals surface area contributed by atoms with E-state index >= 15 is 0 Å². The van der Waals surface area contributed by atoms with Gasteiger partial charge >= 0.3 is 0 Å². The van der Waals surface area contributed by atoms with Crippen LogP contribution >= 0.6 is 0 Å². The zero-order chi connectivity index (χ0) is 19.3. The molecular formula is C19H25N3O4. The second-order valence-corrected chi connectivity index (χ2v) is 6.26. The monoisotopic (exact) mass is 359 g/mol. The van der Waals surface area contributed by atoms with Crippen LogP contribution in [0.2, 0.25) is 0 Å². The minimum absolute atomic E-state index is 0.0337. The molecule has 1 amide bonds. The predicted octanol–water partition coefficient (Wildman–Crippen LogP) is 2.09. The number of hydrogen-bond donors (Lipinski definition) is 4. The number of nitrogens with one attached hydrogen (secondary N) is 3. The second kappa shape index (κ2) is 8.51. The van der Waals surface area contributed by atoms with Gasteiger partial charge in [-0.15, -0.1) is 0 Å². The van der Waals surface area contributed by atoms with E-state index in [2.05, 4.69) is 22.5 Å². The molecule has 0 aliphatic heterocycles. The van der Waals surface area contributed by atoms with E-state index in [1.54, 1.807) is 6.92 Å². The van der Waals surface area contributed by atoms with Crippen molar-refractivity contribution >= 4 is 17.3 Å². The summed E-state index contributed by atoms with van der Waals surface area (Å²) >= 11 is 0. The highest BCUT2D eigenvalue weighted by Crippen LogP contribution is 2.25. The first-order valence-corrected chi connectivity index (χ1v) is 8.75. The van der Waals surface area contributed by atoms with Crippen LogP contribution in [0.15, 0.2) is 45.3 Å². The van der Waals surface area contributed by atoms with Crippen LogP contribution in [0, 0.1) is 0 Å². The third kappa shape index (κ3) is 3.87. The van der Waals surface area contributed by atoms with Gasteiger partial charge in [0.25, 0.3) is 16.8 Å². The molecule has 1 aromatic carbocycles. The summed E-state index contributed by atoms with van der Waals surface area (Å²) in [5.74, 6) is -0.859. The van der Waals surface area contributed by atoms with Gasteiger partial charge in [0.1, 0.15) is 11.4 Å². The lowest BCUT2D eigenvalue weighted by atomic mass is 9.95. The van der Waals surface area contributed by atoms with Gasteiger partial charge in [0, 0.05) is 13.1 Å². The van der Waals surface area contributed by atoms with Crippen molar-refractivity contribution in [2.24, 2.45) is 0 Å². The molecular weight excluding hydrogens is 334 g/mol. The fraction of sp³-hybridized carbons (Fsp3) is 0.421. The van der Waals surface area contributed by atoms with Gasteiger partial charge < -0.3 is 21.1 Å². The number of amides is 1. The van der Waals surface area contributed by atoms with Gasteiger partial charge in [0.15, 0.2) is 5.76 Å². The zero-order valence-corrected chi connectivity index (χ0v) is 15.1. The van der Waals surface area contributed by atoms with Gasteiger partial charge in [-0.1, -0.05) is 38.0 Å². The lowest BCUT2D eigenvalue weighted by Gasteiger charge is -2.26. The molecule has 1 aliphatic rings. The summed E-state index contributed by atoms with van der Waals surface area (Å²) in [5, 5.41) is 18.7. The molecule has 0 spiro atoms. The van der Waals surface area contributed by atoms with Crippen LogP contribution in [0.3, 0.4) is 0 Å². The van der Waals surface area contributed by atoms with Crippen LogP contribution in [0.25, 0.3) is 0 Å². The van der Waals surface area contributed by atoms with Crippen LogP contribution in [-0.4, -0.2) is 24.1 Å². The smallest absolute Gasteiger partial charge is 0.254 e. The summed E-state index contributed by atoms with van der Waals surface area (Å²) in [7, 11) is 1.44. The van der Waals surface area contributed by atoms with E-state index < -0.39 is 16.8 Å². The lowest BCUT2D eigenvalue weighted by Crippen LogP contribution is -2.40. The van der Waals surface area contributed by atoms with Crippen molar-refractivity contribution in [3.05, 3.63) is 56.2 Å². The number of anilines is 2. The molecule has 1 saturated carbocycles. The largest absolute Gasteiger partial charge is 0.505 e. The summed E-state index contributed by atoms with van der Waals surface area (Å²) in [6, 6.07) is 0.167. The number of allylic oxidation sites excluding steroid dienone is 1. The summed E-state index contributed by atoms with van der Waals surface area (Å²) in [6.07, 6.45) is 8.02. The first-order valence-electron chi connectivity index (χ1n) is 8.75. The number of likely N-dealkylation sites (N-methyl/N-ethyl adjacent to an activating group) is 1. The highest BCUT2D eigenvalue weighted by atomic mass is 16.3. The maximum Gasteiger partial charge on any atom is 0.254 e. The maximum absolute atomic E-state index is 12.0. The summed E-state index contributed by atoms with van der Waals surface area (Å²) in [5.41, 5.74) is -0.728. The Balaban J connectivity index is 2.26. The first-order chi connectivity index (χ1) is 12.4. The normalized spacial score (nSPS) is 16.8. The van der Waals surface area contributed by atoms with Crippen LogP contribution in [0.4, 0.5) is 11.4 Å². The van der Waals surface area contributed by atoms with Crippen molar-refractivity contribution in [2.75, 3.05) is 17.7 Å². The molecule has 1 aromatic rings. The Labute approximate surface area is 152 Å². The topological polar surface area (TPSA) is 108 Å². The molecule has 26 heavy (non-hydrogen) atoms. The van der Waals surface area contributed by atoms with E-state index in [1.165, 1.54) is 25.6 Å². The van der Waals surface area contributed by atoms with Crippen LogP contribution in [-0.2, 0) is 4.79 Å². The summed E-state index contributed by atoms with van der Waals surface area (Å²) in [4.78, 5) is 35.7. The quantitative estimate of drug-likeness (QED) is 0.257. The van der Waals surface area contributed by atoms with Crippen molar-refractivity contribution in [1.29, 1.82) is 0 Å². The molecule has 7 heteroatoms. The Bertz CT molecular complexity index is 822. The standard InChI is InChI=1S/C19H25N3O4/c1-4-12(19(26)20-3)16(23)13(5-2)22-15-14(17(24)18(15)25)21-11-9-7-6-8-10-11/h4-5,11,21-23H,1,6-10H2,2-3H3,(H,20,26)/b13-5+,16-12-. The number of aliphatic hydroxyl groups is 1. The molecule has 0 heterocycles. The van der Waals surface area contributed by atoms with Crippen molar-refractivity contribution < 1.29 is 9.90 Å². The molecule has 4 N–H and O–H groups in total. The Morgan fingerprint density at radius 2 is 1.77 bits per heavy atom. The van der Waals surface area contributed by atoms with E-state index in [4.69, 9.17) is 0 Å². The van der Waals surface area contributed by atoms with Crippen LogP contribution in [0.5, 0.6) is 0 Å². The van der Waals surface area contributed by atoms with E-state index in [0.29, 0.717) is 0 Å². The molecule has 0 bridgehead atoms. The maximum atomic E-state index is 12.0. The fourth-order valence-electron chi connectivity index (χ4n) is 3.08. The third-order valence-corrected chi connectivity index (χ3v) is 4.60. The molecule has 140 valence electrons. The fourth-order valence-corrected chi connectivity index (χ4v) is 3.08. The minimum atomic E-state index is -0.643. The molecule has 1 aliphatic carbocycles. The van der Waals surface area contributed by atoms with Crippen molar-refractivity contribution in [3.8, 4) is 0 Å². The second-order valence-electron chi connectivity index (χ2n) is 6.26. The van der Waals surface area contributed by atoms with Crippen LogP contribution < -0.4 is 26.8 Å². The van der Waals surface area contributed by atoms with Crippen molar-refractivity contribution in [1.82, 2.24) is 5.32 Å². The van der Waals surface area contributed by atoms with E-state index in [9.17, 15) is 19.5 Å². The highest BCUT2D eigenvalue weighted by Gasteiger charge is 2.26. The molecule has 0 aromatic heterocycles. The first kappa shape index (κ1) is 19.5. The average molecular weight is 359 g/mol. The third-order valence-electron chi connectivity index (χ3n) is 4.60. The lowest BCUT2D eigenvalue weighted by molar-refractivity contribution is -0.116. The summed E-state index contributed by atoms with van der Waals surface area (Å²) in [6.45, 7) is 5.16.